The summed E-state index contributed by atoms with van der Waals surface area (Å²) in [6, 6.07) is 7.69. The van der Waals surface area contributed by atoms with Crippen molar-refractivity contribution in [1.29, 1.82) is 0 Å². The van der Waals surface area contributed by atoms with Gasteiger partial charge in [-0.25, -0.2) is 0 Å². The lowest BCUT2D eigenvalue weighted by atomic mass is 10.1. The maximum absolute atomic E-state index is 13.6. The summed E-state index contributed by atoms with van der Waals surface area (Å²) in [4.78, 5) is 0. The Morgan fingerprint density at radius 2 is 1.74 bits per heavy atom. The maximum Gasteiger partial charge on any atom is 0.419 e. The molecule has 0 aliphatic heterocycles. The van der Waals surface area contributed by atoms with Crippen molar-refractivity contribution >= 4 is 11.3 Å². The molecule has 34 heavy (non-hydrogen) atoms. The molecule has 5 nitrogen and oxygen atoms in total. The summed E-state index contributed by atoms with van der Waals surface area (Å²) in [7, 11) is 0. The van der Waals surface area contributed by atoms with Gasteiger partial charge in [-0.2, -0.15) is 26.3 Å². The van der Waals surface area contributed by atoms with Crippen LogP contribution in [0.3, 0.4) is 0 Å². The number of benzene rings is 2. The minimum atomic E-state index is -4.68. The zero-order valence-corrected chi connectivity index (χ0v) is 18.5. The zero-order valence-electron chi connectivity index (χ0n) is 17.7. The molecule has 2 aromatic carbocycles. The smallest absolute Gasteiger partial charge is 0.419 e. The highest BCUT2D eigenvalue weighted by molar-refractivity contribution is 7.14. The second kappa shape index (κ2) is 10.7. The van der Waals surface area contributed by atoms with Gasteiger partial charge in [-0.1, -0.05) is 29.5 Å². The summed E-state index contributed by atoms with van der Waals surface area (Å²) >= 11 is 0.983. The van der Waals surface area contributed by atoms with Gasteiger partial charge in [0.2, 0.25) is 0 Å². The van der Waals surface area contributed by atoms with E-state index in [0.29, 0.717) is 29.8 Å². The monoisotopic (exact) mass is 505 g/mol. The Morgan fingerprint density at radius 3 is 2.41 bits per heavy atom. The SMILES string of the molecule is NC(CO)c1nnc(-c2ccc(OCCCCc3cccc(C(F)(F)F)c3)c(C(F)(F)F)c2)s1. The van der Waals surface area contributed by atoms with Gasteiger partial charge < -0.3 is 15.6 Å². The van der Waals surface area contributed by atoms with E-state index in [1.54, 1.807) is 6.07 Å². The van der Waals surface area contributed by atoms with E-state index in [2.05, 4.69) is 10.2 Å². The van der Waals surface area contributed by atoms with Crippen LogP contribution in [-0.2, 0) is 18.8 Å². The molecule has 0 amide bonds. The van der Waals surface area contributed by atoms with Crippen LogP contribution >= 0.6 is 11.3 Å². The van der Waals surface area contributed by atoms with Crippen LogP contribution in [0, 0.1) is 0 Å². The summed E-state index contributed by atoms with van der Waals surface area (Å²) in [6.45, 7) is -0.404. The molecule has 1 aromatic heterocycles. The molecule has 0 aliphatic rings. The molecule has 0 radical (unpaired) electrons. The Bertz CT molecular complexity index is 1100. The fourth-order valence-corrected chi connectivity index (χ4v) is 3.94. The number of unbranched alkanes of at least 4 members (excludes halogenated alkanes) is 1. The molecular formula is C22H21F6N3O2S. The van der Waals surface area contributed by atoms with Crippen LogP contribution in [0.2, 0.25) is 0 Å². The van der Waals surface area contributed by atoms with E-state index in [0.717, 1.165) is 29.5 Å². The lowest BCUT2D eigenvalue weighted by Crippen LogP contribution is -2.13. The van der Waals surface area contributed by atoms with Crippen molar-refractivity contribution in [2.24, 2.45) is 5.73 Å². The zero-order chi connectivity index (χ0) is 24.9. The van der Waals surface area contributed by atoms with Crippen LogP contribution in [0.1, 0.15) is 40.6 Å². The van der Waals surface area contributed by atoms with Crippen LogP contribution in [0.25, 0.3) is 10.6 Å². The predicted molar refractivity (Wildman–Crippen MR) is 114 cm³/mol. The molecule has 3 rings (SSSR count). The highest BCUT2D eigenvalue weighted by Gasteiger charge is 2.35. The van der Waals surface area contributed by atoms with Crippen molar-refractivity contribution in [2.45, 2.75) is 37.7 Å². The van der Waals surface area contributed by atoms with E-state index >= 15 is 0 Å². The Labute approximate surface area is 195 Å². The number of halogens is 6. The number of ether oxygens (including phenoxy) is 1. The number of nitrogens with two attached hydrogens (primary N) is 1. The average Bonchev–Trinajstić information content (AvgIpc) is 3.28. The normalized spacial score (nSPS) is 13.2. The van der Waals surface area contributed by atoms with E-state index in [1.165, 1.54) is 18.2 Å². The van der Waals surface area contributed by atoms with E-state index in [9.17, 15) is 26.3 Å². The van der Waals surface area contributed by atoms with E-state index in [1.807, 2.05) is 0 Å². The molecule has 1 atom stereocenters. The lowest BCUT2D eigenvalue weighted by molar-refractivity contribution is -0.139. The Morgan fingerprint density at radius 1 is 0.971 bits per heavy atom. The number of aryl methyl sites for hydroxylation is 1. The number of hydrogen-bond donors (Lipinski definition) is 2. The van der Waals surface area contributed by atoms with Crippen molar-refractivity contribution in [2.75, 3.05) is 13.2 Å². The third kappa shape index (κ3) is 6.67. The first-order valence-electron chi connectivity index (χ1n) is 10.2. The molecule has 3 aromatic rings. The van der Waals surface area contributed by atoms with Gasteiger partial charge in [-0.15, -0.1) is 10.2 Å². The first kappa shape index (κ1) is 25.9. The minimum Gasteiger partial charge on any atom is -0.493 e. The number of hydrogen-bond acceptors (Lipinski definition) is 6. The van der Waals surface area contributed by atoms with Gasteiger partial charge in [-0.05, 0) is 49.1 Å². The molecule has 0 bridgehead atoms. The Balaban J connectivity index is 1.63. The largest absolute Gasteiger partial charge is 0.493 e. The van der Waals surface area contributed by atoms with Crippen LogP contribution in [0.4, 0.5) is 26.3 Å². The first-order valence-corrected chi connectivity index (χ1v) is 11.0. The highest BCUT2D eigenvalue weighted by atomic mass is 32.1. The Kier molecular flexibility index (Phi) is 8.16. The predicted octanol–water partition coefficient (Wildman–Crippen LogP) is 5.64. The average molecular weight is 505 g/mol. The quantitative estimate of drug-likeness (QED) is 0.291. The van der Waals surface area contributed by atoms with Crippen molar-refractivity contribution in [3.63, 3.8) is 0 Å². The lowest BCUT2D eigenvalue weighted by Gasteiger charge is -2.15. The van der Waals surface area contributed by atoms with Crippen LogP contribution in [0.5, 0.6) is 5.75 Å². The molecule has 0 fully saturated rings. The van der Waals surface area contributed by atoms with Gasteiger partial charge in [0.25, 0.3) is 0 Å². The van der Waals surface area contributed by atoms with Gasteiger partial charge in [-0.3, -0.25) is 0 Å². The van der Waals surface area contributed by atoms with Crippen molar-refractivity contribution in [1.82, 2.24) is 10.2 Å². The van der Waals surface area contributed by atoms with Gasteiger partial charge >= 0.3 is 12.4 Å². The van der Waals surface area contributed by atoms with Crippen LogP contribution in [-0.4, -0.2) is 28.5 Å². The summed E-state index contributed by atoms with van der Waals surface area (Å²) in [5, 5.41) is 17.2. The summed E-state index contributed by atoms with van der Waals surface area (Å²) in [5.41, 5.74) is 4.61. The number of aliphatic hydroxyl groups excluding tert-OH is 1. The van der Waals surface area contributed by atoms with Crippen molar-refractivity contribution in [3.8, 4) is 16.3 Å². The number of rotatable bonds is 9. The molecule has 1 heterocycles. The number of aromatic nitrogens is 2. The minimum absolute atomic E-state index is 0.0320. The van der Waals surface area contributed by atoms with Crippen molar-refractivity contribution < 1.29 is 36.2 Å². The molecular weight excluding hydrogens is 484 g/mol. The van der Waals surface area contributed by atoms with E-state index in [-0.39, 0.29) is 29.5 Å². The molecule has 0 spiro atoms. The highest BCUT2D eigenvalue weighted by Crippen LogP contribution is 2.39. The van der Waals surface area contributed by atoms with Gasteiger partial charge in [0.1, 0.15) is 15.8 Å². The topological polar surface area (TPSA) is 81.3 Å². The van der Waals surface area contributed by atoms with Crippen LogP contribution < -0.4 is 10.5 Å². The summed E-state index contributed by atoms with van der Waals surface area (Å²) in [6.07, 6.45) is -7.97. The summed E-state index contributed by atoms with van der Waals surface area (Å²) < 4.78 is 84.5. The van der Waals surface area contributed by atoms with Gasteiger partial charge in [0.05, 0.1) is 30.4 Å². The maximum atomic E-state index is 13.6. The molecule has 184 valence electrons. The third-order valence-corrected chi connectivity index (χ3v) is 5.96. The number of aliphatic hydroxyl groups is 1. The van der Waals surface area contributed by atoms with E-state index in [4.69, 9.17) is 15.6 Å². The molecule has 12 heteroatoms. The molecule has 3 N–H and O–H groups in total. The second-order valence-electron chi connectivity index (χ2n) is 7.45. The molecule has 0 saturated heterocycles. The Hall–Kier alpha value is -2.70. The first-order chi connectivity index (χ1) is 16.0. The molecule has 0 saturated carbocycles. The van der Waals surface area contributed by atoms with Gasteiger partial charge in [0.15, 0.2) is 0 Å². The summed E-state index contributed by atoms with van der Waals surface area (Å²) in [5.74, 6) is -0.355. The van der Waals surface area contributed by atoms with Crippen molar-refractivity contribution in [3.05, 3.63) is 64.2 Å². The fourth-order valence-electron chi connectivity index (χ4n) is 3.11. The third-order valence-electron chi connectivity index (χ3n) is 4.86. The number of alkyl halides is 6. The molecule has 1 unspecified atom stereocenters. The number of nitrogens with zero attached hydrogens (tertiary/aromatic N) is 2. The van der Waals surface area contributed by atoms with E-state index < -0.39 is 29.5 Å². The standard InChI is InChI=1S/C22H21F6N3O2S/c23-21(24,25)15-6-3-5-13(10-15)4-1-2-9-33-18-8-7-14(11-16(18)22(26,27)28)19-30-31-20(34-19)17(29)12-32/h3,5-8,10-11,17,32H,1-2,4,9,12,29H2. The molecule has 0 aliphatic carbocycles. The van der Waals surface area contributed by atoms with Crippen LogP contribution in [0.15, 0.2) is 42.5 Å². The second-order valence-corrected chi connectivity index (χ2v) is 8.46. The fraction of sp³-hybridized carbons (Fsp3) is 0.364. The van der Waals surface area contributed by atoms with Gasteiger partial charge in [0, 0.05) is 5.56 Å².